The van der Waals surface area contributed by atoms with Crippen molar-refractivity contribution in [3.05, 3.63) is 59.2 Å². The fourth-order valence-corrected chi connectivity index (χ4v) is 2.44. The monoisotopic (exact) mass is 278 g/mol. The number of carboxylic acid groups (broad SMARTS) is 1. The maximum absolute atomic E-state index is 11.5. The van der Waals surface area contributed by atoms with Crippen molar-refractivity contribution in [3.8, 4) is 11.5 Å². The molecule has 1 unspecified atom stereocenters. The van der Waals surface area contributed by atoms with Gasteiger partial charge >= 0.3 is 51.4 Å². The van der Waals surface area contributed by atoms with Crippen LogP contribution in [0.5, 0.6) is 11.5 Å². The Labute approximate surface area is 154 Å². The van der Waals surface area contributed by atoms with Gasteiger partial charge in [0.2, 0.25) is 0 Å². The molecule has 0 saturated heterocycles. The Morgan fingerprint density at radius 1 is 1.11 bits per heavy atom. The zero-order chi connectivity index (χ0) is 12.7. The van der Waals surface area contributed by atoms with E-state index in [1.54, 1.807) is 24.3 Å². The molecular formula is C15H11KO3. The molecule has 1 heterocycles. The summed E-state index contributed by atoms with van der Waals surface area (Å²) in [6, 6.07) is 12.7. The largest absolute Gasteiger partial charge is 1.00 e. The van der Waals surface area contributed by atoms with Crippen LogP contribution < -0.4 is 61.2 Å². The summed E-state index contributed by atoms with van der Waals surface area (Å²) in [7, 11) is 0. The number of hydrogen-bond donors (Lipinski definition) is 0. The molecule has 90 valence electrons. The van der Waals surface area contributed by atoms with E-state index in [0.717, 1.165) is 5.56 Å². The summed E-state index contributed by atoms with van der Waals surface area (Å²) in [6.07, 6.45) is 0. The summed E-state index contributed by atoms with van der Waals surface area (Å²) in [6.45, 7) is 1.88. The number of carbonyl (C=O) groups is 1. The molecular weight excluding hydrogens is 267 g/mol. The van der Waals surface area contributed by atoms with Gasteiger partial charge in [0.15, 0.2) is 0 Å². The number of fused-ring (bicyclic) bond motifs is 2. The van der Waals surface area contributed by atoms with Crippen molar-refractivity contribution in [2.75, 3.05) is 0 Å². The molecule has 0 bridgehead atoms. The maximum Gasteiger partial charge on any atom is 1.00 e. The van der Waals surface area contributed by atoms with Crippen LogP contribution in [-0.2, 0) is 4.79 Å². The van der Waals surface area contributed by atoms with E-state index in [-0.39, 0.29) is 51.4 Å². The van der Waals surface area contributed by atoms with E-state index >= 15 is 0 Å². The summed E-state index contributed by atoms with van der Waals surface area (Å²) in [5.74, 6) is -0.667. The average molecular weight is 278 g/mol. The first kappa shape index (κ1) is 14.7. The van der Waals surface area contributed by atoms with Gasteiger partial charge in [0.05, 0.1) is 11.9 Å². The van der Waals surface area contributed by atoms with E-state index in [9.17, 15) is 9.90 Å². The number of hydrogen-bond acceptors (Lipinski definition) is 3. The van der Waals surface area contributed by atoms with Crippen LogP contribution in [0.15, 0.2) is 42.5 Å². The van der Waals surface area contributed by atoms with E-state index in [2.05, 4.69) is 0 Å². The van der Waals surface area contributed by atoms with Gasteiger partial charge in [0.25, 0.3) is 0 Å². The zero-order valence-corrected chi connectivity index (χ0v) is 14.0. The van der Waals surface area contributed by atoms with Crippen LogP contribution in [0.4, 0.5) is 0 Å². The molecule has 2 aromatic rings. The van der Waals surface area contributed by atoms with Crippen molar-refractivity contribution >= 4 is 5.97 Å². The summed E-state index contributed by atoms with van der Waals surface area (Å²) in [5, 5.41) is 11.5. The first-order valence-electron chi connectivity index (χ1n) is 5.75. The minimum atomic E-state index is -1.10. The number of aliphatic carboxylic acids is 1. The summed E-state index contributed by atoms with van der Waals surface area (Å²) in [4.78, 5) is 11.5. The Balaban J connectivity index is 0.00000133. The van der Waals surface area contributed by atoms with E-state index in [1.807, 2.05) is 25.1 Å². The van der Waals surface area contributed by atoms with Gasteiger partial charge in [-0.1, -0.05) is 30.3 Å². The van der Waals surface area contributed by atoms with Gasteiger partial charge in [-0.05, 0) is 24.6 Å². The Bertz CT molecular complexity index is 637. The molecule has 0 N–H and O–H groups in total. The second kappa shape index (κ2) is 5.77. The quantitative estimate of drug-likeness (QED) is 0.628. The third-order valence-electron chi connectivity index (χ3n) is 3.26. The van der Waals surface area contributed by atoms with Gasteiger partial charge in [-0.25, -0.2) is 0 Å². The van der Waals surface area contributed by atoms with Crippen LogP contribution >= 0.6 is 0 Å². The van der Waals surface area contributed by atoms with Crippen molar-refractivity contribution in [2.45, 2.75) is 12.8 Å². The number of rotatable bonds is 1. The third-order valence-corrected chi connectivity index (χ3v) is 3.26. The number of ether oxygens (including phenoxy) is 1. The summed E-state index contributed by atoms with van der Waals surface area (Å²) >= 11 is 0. The third kappa shape index (κ3) is 2.51. The Hall–Kier alpha value is -0.654. The fraction of sp³-hybridized carbons (Fsp3) is 0.133. The molecule has 19 heavy (non-hydrogen) atoms. The number of para-hydroxylation sites is 1. The van der Waals surface area contributed by atoms with Crippen LogP contribution in [0, 0.1) is 6.92 Å². The zero-order valence-electron chi connectivity index (χ0n) is 10.8. The molecule has 2 aromatic carbocycles. The van der Waals surface area contributed by atoms with Crippen molar-refractivity contribution in [2.24, 2.45) is 0 Å². The van der Waals surface area contributed by atoms with Gasteiger partial charge in [0, 0.05) is 11.1 Å². The standard InChI is InChI=1S/C15H12O3.K/c1-9-5-4-8-12-13(9)14(15(16)17)10-6-2-3-7-11(10)18-12;/h2-8,14H,1H3,(H,16,17);/q;+1/p-1. The second-order valence-corrected chi connectivity index (χ2v) is 4.38. The minimum absolute atomic E-state index is 0. The predicted molar refractivity (Wildman–Crippen MR) is 64.5 cm³/mol. The van der Waals surface area contributed by atoms with Crippen molar-refractivity contribution < 1.29 is 66.0 Å². The van der Waals surface area contributed by atoms with Crippen molar-refractivity contribution in [3.63, 3.8) is 0 Å². The first-order chi connectivity index (χ1) is 8.68. The SMILES string of the molecule is Cc1cccc2c1C(C(=O)[O-])c1ccccc1O2.[K+]. The molecule has 3 rings (SSSR count). The van der Waals surface area contributed by atoms with Crippen LogP contribution in [0.3, 0.4) is 0 Å². The molecule has 0 saturated carbocycles. The molecule has 0 amide bonds. The van der Waals surface area contributed by atoms with Crippen molar-refractivity contribution in [1.82, 2.24) is 0 Å². The van der Waals surface area contributed by atoms with Gasteiger partial charge in [-0.2, -0.15) is 0 Å². The van der Waals surface area contributed by atoms with E-state index in [4.69, 9.17) is 4.74 Å². The van der Waals surface area contributed by atoms with E-state index in [0.29, 0.717) is 22.6 Å². The minimum Gasteiger partial charge on any atom is -0.549 e. The molecule has 1 aliphatic heterocycles. The van der Waals surface area contributed by atoms with Gasteiger partial charge in [-0.15, -0.1) is 0 Å². The number of carboxylic acids is 1. The fourth-order valence-electron chi connectivity index (χ4n) is 2.44. The molecule has 1 aliphatic rings. The van der Waals surface area contributed by atoms with Crippen molar-refractivity contribution in [1.29, 1.82) is 0 Å². The number of carbonyl (C=O) groups excluding carboxylic acids is 1. The van der Waals surface area contributed by atoms with E-state index in [1.165, 1.54) is 0 Å². The summed E-state index contributed by atoms with van der Waals surface area (Å²) in [5.41, 5.74) is 2.24. The summed E-state index contributed by atoms with van der Waals surface area (Å²) < 4.78 is 5.75. The molecule has 4 heteroatoms. The van der Waals surface area contributed by atoms with E-state index < -0.39 is 11.9 Å². The van der Waals surface area contributed by atoms with Crippen LogP contribution in [0.1, 0.15) is 22.6 Å². The molecule has 1 atom stereocenters. The van der Waals surface area contributed by atoms with Gasteiger partial charge in [0.1, 0.15) is 11.5 Å². The number of aryl methyl sites for hydroxylation is 1. The Kier molecular flexibility index (Phi) is 4.48. The second-order valence-electron chi connectivity index (χ2n) is 4.38. The van der Waals surface area contributed by atoms with Gasteiger partial charge in [-0.3, -0.25) is 0 Å². The van der Waals surface area contributed by atoms with Crippen LogP contribution in [0.2, 0.25) is 0 Å². The van der Waals surface area contributed by atoms with Crippen LogP contribution in [-0.4, -0.2) is 5.97 Å². The maximum atomic E-state index is 11.5. The molecule has 0 aromatic heterocycles. The smallest absolute Gasteiger partial charge is 0.549 e. The number of benzene rings is 2. The normalized spacial score (nSPS) is 15.5. The van der Waals surface area contributed by atoms with Gasteiger partial charge < -0.3 is 14.6 Å². The predicted octanol–water partition coefficient (Wildman–Crippen LogP) is -1.01. The Morgan fingerprint density at radius 3 is 2.53 bits per heavy atom. The Morgan fingerprint density at radius 2 is 1.79 bits per heavy atom. The van der Waals surface area contributed by atoms with Crippen LogP contribution in [0.25, 0.3) is 0 Å². The molecule has 0 fully saturated rings. The first-order valence-corrected chi connectivity index (χ1v) is 5.75. The molecule has 0 radical (unpaired) electrons. The topological polar surface area (TPSA) is 49.4 Å². The molecule has 0 spiro atoms. The molecule has 3 nitrogen and oxygen atoms in total. The average Bonchev–Trinajstić information content (AvgIpc) is 2.36. The molecule has 0 aliphatic carbocycles.